The van der Waals surface area contributed by atoms with Gasteiger partial charge in [-0.2, -0.15) is 5.10 Å². The number of benzene rings is 3. The fourth-order valence-electron chi connectivity index (χ4n) is 2.54. The Balaban J connectivity index is 1.69. The predicted octanol–water partition coefficient (Wildman–Crippen LogP) is 4.80. The second kappa shape index (κ2) is 9.71. The van der Waals surface area contributed by atoms with Crippen LogP contribution in [0.15, 0.2) is 82.4 Å². The van der Waals surface area contributed by atoms with Gasteiger partial charge in [-0.3, -0.25) is 4.79 Å². The van der Waals surface area contributed by atoms with E-state index >= 15 is 0 Å². The van der Waals surface area contributed by atoms with Crippen molar-refractivity contribution in [2.45, 2.75) is 6.61 Å². The van der Waals surface area contributed by atoms with E-state index in [0.717, 1.165) is 15.6 Å². The molecule has 0 heterocycles. The Labute approximate surface area is 172 Å². The minimum atomic E-state index is -0.353. The zero-order valence-electron chi connectivity index (χ0n) is 15.3. The van der Waals surface area contributed by atoms with E-state index < -0.39 is 0 Å². The highest BCUT2D eigenvalue weighted by Gasteiger charge is 2.11. The molecular formula is C22H19BrN2O3. The first-order chi connectivity index (χ1) is 13.7. The number of hydrogen-bond donors (Lipinski definition) is 1. The van der Waals surface area contributed by atoms with Crippen LogP contribution in [0, 0.1) is 0 Å². The molecule has 0 saturated heterocycles. The van der Waals surface area contributed by atoms with Crippen molar-refractivity contribution < 1.29 is 14.3 Å². The molecule has 0 aliphatic heterocycles. The number of halogens is 1. The van der Waals surface area contributed by atoms with Crippen LogP contribution in [0.25, 0.3) is 0 Å². The molecule has 0 unspecified atom stereocenters. The second-order valence-electron chi connectivity index (χ2n) is 5.86. The summed E-state index contributed by atoms with van der Waals surface area (Å²) in [5, 5.41) is 4.05. The number of amides is 1. The number of hydrogen-bond acceptors (Lipinski definition) is 4. The van der Waals surface area contributed by atoms with Gasteiger partial charge in [0.05, 0.1) is 18.9 Å². The molecule has 0 atom stereocenters. The maximum absolute atomic E-state index is 12.5. The number of rotatable bonds is 7. The zero-order chi connectivity index (χ0) is 19.8. The number of nitrogens with zero attached hydrogens (tertiary/aromatic N) is 1. The Bertz CT molecular complexity index is 975. The number of ether oxygens (including phenoxy) is 2. The Kier molecular flexibility index (Phi) is 6.81. The summed E-state index contributed by atoms with van der Waals surface area (Å²) < 4.78 is 12.0. The lowest BCUT2D eigenvalue weighted by Gasteiger charge is -2.10. The largest absolute Gasteiger partial charge is 0.496 e. The van der Waals surface area contributed by atoms with E-state index in [2.05, 4.69) is 26.5 Å². The fraction of sp³-hybridized carbons (Fsp3) is 0.0909. The molecule has 3 aromatic carbocycles. The van der Waals surface area contributed by atoms with Gasteiger partial charge in [0.1, 0.15) is 18.1 Å². The van der Waals surface area contributed by atoms with Crippen molar-refractivity contribution in [2.75, 3.05) is 7.11 Å². The van der Waals surface area contributed by atoms with E-state index in [4.69, 9.17) is 9.47 Å². The first-order valence-corrected chi connectivity index (χ1v) is 9.39. The van der Waals surface area contributed by atoms with Crippen LogP contribution < -0.4 is 14.9 Å². The molecule has 142 valence electrons. The summed E-state index contributed by atoms with van der Waals surface area (Å²) in [4.78, 5) is 12.5. The number of nitrogens with one attached hydrogen (secondary N) is 1. The van der Waals surface area contributed by atoms with Crippen LogP contribution in [0.5, 0.6) is 11.5 Å². The molecule has 28 heavy (non-hydrogen) atoms. The van der Waals surface area contributed by atoms with Gasteiger partial charge in [-0.15, -0.1) is 0 Å². The van der Waals surface area contributed by atoms with Gasteiger partial charge in [0.2, 0.25) is 0 Å². The minimum Gasteiger partial charge on any atom is -0.496 e. The average molecular weight is 439 g/mol. The molecule has 3 rings (SSSR count). The van der Waals surface area contributed by atoms with Crippen LogP contribution in [-0.2, 0) is 6.61 Å². The number of methoxy groups -OCH3 is 1. The minimum absolute atomic E-state index is 0.353. The maximum atomic E-state index is 12.5. The van der Waals surface area contributed by atoms with Gasteiger partial charge >= 0.3 is 0 Å². The molecule has 0 fully saturated rings. The van der Waals surface area contributed by atoms with Gasteiger partial charge in [-0.1, -0.05) is 58.4 Å². The molecule has 0 aromatic heterocycles. The summed E-state index contributed by atoms with van der Waals surface area (Å²) in [6.07, 6.45) is 1.54. The van der Waals surface area contributed by atoms with Crippen LogP contribution in [-0.4, -0.2) is 19.2 Å². The average Bonchev–Trinajstić information content (AvgIpc) is 2.73. The lowest BCUT2D eigenvalue weighted by Crippen LogP contribution is -2.18. The molecule has 5 nitrogen and oxygen atoms in total. The van der Waals surface area contributed by atoms with Crippen LogP contribution >= 0.6 is 15.9 Å². The molecule has 0 aliphatic carbocycles. The van der Waals surface area contributed by atoms with Crippen molar-refractivity contribution in [3.63, 3.8) is 0 Å². The summed E-state index contributed by atoms with van der Waals surface area (Å²) in [7, 11) is 1.58. The van der Waals surface area contributed by atoms with Crippen molar-refractivity contribution >= 4 is 28.1 Å². The lowest BCUT2D eigenvalue weighted by molar-refractivity contribution is 0.0950. The molecule has 1 N–H and O–H groups in total. The smallest absolute Gasteiger partial charge is 0.275 e. The Morgan fingerprint density at radius 1 is 1.04 bits per heavy atom. The maximum Gasteiger partial charge on any atom is 0.275 e. The molecule has 0 bridgehead atoms. The van der Waals surface area contributed by atoms with Crippen molar-refractivity contribution in [3.8, 4) is 11.5 Å². The predicted molar refractivity (Wildman–Crippen MR) is 113 cm³/mol. The van der Waals surface area contributed by atoms with Crippen molar-refractivity contribution in [1.82, 2.24) is 5.43 Å². The van der Waals surface area contributed by atoms with Crippen molar-refractivity contribution in [2.24, 2.45) is 5.10 Å². The number of carbonyl (C=O) groups is 1. The number of carbonyl (C=O) groups excluding carboxylic acids is 1. The van der Waals surface area contributed by atoms with E-state index in [1.165, 1.54) is 6.21 Å². The molecule has 0 spiro atoms. The topological polar surface area (TPSA) is 59.9 Å². The molecule has 0 aliphatic rings. The molecule has 1 amide bonds. The SMILES string of the molecule is COc1ccc(Br)cc1C=NNC(=O)c1ccccc1OCc1ccccc1. The summed E-state index contributed by atoms with van der Waals surface area (Å²) in [6.45, 7) is 0.379. The van der Waals surface area contributed by atoms with Crippen molar-refractivity contribution in [1.29, 1.82) is 0 Å². The van der Waals surface area contributed by atoms with E-state index in [9.17, 15) is 4.79 Å². The number of para-hydroxylation sites is 1. The molecule has 6 heteroatoms. The van der Waals surface area contributed by atoms with E-state index in [1.54, 1.807) is 25.3 Å². The third kappa shape index (κ3) is 5.20. The third-order valence-electron chi connectivity index (χ3n) is 3.93. The molecule has 0 radical (unpaired) electrons. The Hall–Kier alpha value is -3.12. The van der Waals surface area contributed by atoms with Crippen LogP contribution in [0.2, 0.25) is 0 Å². The first-order valence-electron chi connectivity index (χ1n) is 8.60. The van der Waals surface area contributed by atoms with Crippen LogP contribution in [0.3, 0.4) is 0 Å². The highest BCUT2D eigenvalue weighted by atomic mass is 79.9. The van der Waals surface area contributed by atoms with Gasteiger partial charge in [0.25, 0.3) is 5.91 Å². The van der Waals surface area contributed by atoms with Crippen LogP contribution in [0.4, 0.5) is 0 Å². The summed E-state index contributed by atoms with van der Waals surface area (Å²) in [6, 6.07) is 22.4. The highest BCUT2D eigenvalue weighted by Crippen LogP contribution is 2.22. The second-order valence-corrected chi connectivity index (χ2v) is 6.77. The first kappa shape index (κ1) is 19.6. The summed E-state index contributed by atoms with van der Waals surface area (Å²) >= 11 is 3.41. The molecular weight excluding hydrogens is 420 g/mol. The zero-order valence-corrected chi connectivity index (χ0v) is 16.8. The Morgan fingerprint density at radius 2 is 1.79 bits per heavy atom. The normalized spacial score (nSPS) is 10.6. The van der Waals surface area contributed by atoms with Gasteiger partial charge in [-0.25, -0.2) is 5.43 Å². The van der Waals surface area contributed by atoms with Crippen LogP contribution in [0.1, 0.15) is 21.5 Å². The fourth-order valence-corrected chi connectivity index (χ4v) is 2.92. The summed E-state index contributed by atoms with van der Waals surface area (Å²) in [5.74, 6) is 0.806. The molecule has 3 aromatic rings. The van der Waals surface area contributed by atoms with Gasteiger partial charge in [0.15, 0.2) is 0 Å². The summed E-state index contributed by atoms with van der Waals surface area (Å²) in [5.41, 5.74) is 4.72. The van der Waals surface area contributed by atoms with E-state index in [-0.39, 0.29) is 5.91 Å². The quantitative estimate of drug-likeness (QED) is 0.425. The third-order valence-corrected chi connectivity index (χ3v) is 4.42. The monoisotopic (exact) mass is 438 g/mol. The lowest BCUT2D eigenvalue weighted by atomic mass is 10.2. The van der Waals surface area contributed by atoms with Gasteiger partial charge in [-0.05, 0) is 35.9 Å². The Morgan fingerprint density at radius 3 is 2.57 bits per heavy atom. The van der Waals surface area contributed by atoms with Gasteiger partial charge in [0, 0.05) is 10.0 Å². The highest BCUT2D eigenvalue weighted by molar-refractivity contribution is 9.10. The number of hydrazone groups is 1. The van der Waals surface area contributed by atoms with Crippen molar-refractivity contribution in [3.05, 3.63) is 94.0 Å². The standard InChI is InChI=1S/C22H19BrN2O3/c1-27-20-12-11-18(23)13-17(20)14-24-25-22(26)19-9-5-6-10-21(19)28-15-16-7-3-2-4-8-16/h2-14H,15H2,1H3,(H,25,26). The van der Waals surface area contributed by atoms with Gasteiger partial charge < -0.3 is 9.47 Å². The van der Waals surface area contributed by atoms with E-state index in [1.807, 2.05) is 54.6 Å². The molecule has 0 saturated carbocycles. The van der Waals surface area contributed by atoms with E-state index in [0.29, 0.717) is 23.7 Å².